The lowest BCUT2D eigenvalue weighted by Crippen LogP contribution is -2.29. The van der Waals surface area contributed by atoms with Crippen LogP contribution < -0.4 is 0 Å². The molecule has 4 heteroatoms. The topological polar surface area (TPSA) is 51.2 Å². The van der Waals surface area contributed by atoms with Crippen molar-refractivity contribution >= 4 is 15.6 Å². The first-order chi connectivity index (χ1) is 14.2. The highest BCUT2D eigenvalue weighted by atomic mass is 32.2. The molecular weight excluding hydrogens is 392 g/mol. The van der Waals surface area contributed by atoms with Gasteiger partial charge in [-0.15, -0.1) is 0 Å². The molecule has 0 saturated heterocycles. The Kier molecular flexibility index (Phi) is 7.81. The van der Waals surface area contributed by atoms with Crippen LogP contribution in [0.25, 0.3) is 0 Å². The van der Waals surface area contributed by atoms with Crippen LogP contribution in [0.1, 0.15) is 89.7 Å². The molecule has 2 saturated carbocycles. The van der Waals surface area contributed by atoms with Gasteiger partial charge in [0.05, 0.1) is 11.0 Å². The predicted octanol–water partition coefficient (Wildman–Crippen LogP) is 5.97. The largest absolute Gasteiger partial charge is 0.299 e. The number of hydrogen-bond donors (Lipinski definition) is 0. The quantitative estimate of drug-likeness (QED) is 0.533. The predicted molar refractivity (Wildman–Crippen MR) is 124 cm³/mol. The van der Waals surface area contributed by atoms with E-state index in [4.69, 9.17) is 0 Å². The van der Waals surface area contributed by atoms with Gasteiger partial charge < -0.3 is 0 Å². The van der Waals surface area contributed by atoms with Gasteiger partial charge in [-0.05, 0) is 80.8 Å². The van der Waals surface area contributed by atoms with Crippen molar-refractivity contribution in [3.05, 3.63) is 35.4 Å². The third kappa shape index (κ3) is 5.75. The van der Waals surface area contributed by atoms with Crippen LogP contribution in [0.15, 0.2) is 24.3 Å². The summed E-state index contributed by atoms with van der Waals surface area (Å²) in [7, 11) is -2.99. The molecule has 0 bridgehead atoms. The zero-order chi connectivity index (χ0) is 21.9. The summed E-state index contributed by atoms with van der Waals surface area (Å²) in [5.74, 6) is 3.09. The maximum Gasteiger partial charge on any atom is 0.152 e. The van der Waals surface area contributed by atoms with Crippen LogP contribution in [0.5, 0.6) is 0 Å². The van der Waals surface area contributed by atoms with Gasteiger partial charge in [0.25, 0.3) is 0 Å². The molecule has 3 rings (SSSR count). The van der Waals surface area contributed by atoms with Crippen molar-refractivity contribution in [2.75, 3.05) is 5.75 Å². The van der Waals surface area contributed by atoms with E-state index in [9.17, 15) is 13.2 Å². The number of benzene rings is 1. The van der Waals surface area contributed by atoms with Crippen molar-refractivity contribution in [1.82, 2.24) is 0 Å². The fourth-order valence-electron chi connectivity index (χ4n) is 5.45. The van der Waals surface area contributed by atoms with Gasteiger partial charge >= 0.3 is 0 Å². The van der Waals surface area contributed by atoms with Crippen LogP contribution in [0.4, 0.5) is 0 Å². The Labute approximate surface area is 184 Å². The first-order valence-corrected chi connectivity index (χ1v) is 13.7. The number of hydrogen-bond acceptors (Lipinski definition) is 3. The molecule has 0 N–H and O–H groups in total. The first-order valence-electron chi connectivity index (χ1n) is 12.0. The van der Waals surface area contributed by atoms with Crippen molar-refractivity contribution < 1.29 is 13.2 Å². The molecule has 0 aliphatic heterocycles. The van der Waals surface area contributed by atoms with Crippen molar-refractivity contribution in [2.24, 2.45) is 23.7 Å². The summed E-state index contributed by atoms with van der Waals surface area (Å²) >= 11 is 0. The Bertz CT molecular complexity index is 801. The van der Waals surface area contributed by atoms with Crippen LogP contribution >= 0.6 is 0 Å². The van der Waals surface area contributed by atoms with Gasteiger partial charge in [0.15, 0.2) is 9.84 Å². The second-order valence-electron chi connectivity index (χ2n) is 10.4. The molecule has 2 fully saturated rings. The molecule has 1 aromatic rings. The maximum atomic E-state index is 12.8. The molecule has 0 aromatic heterocycles. The molecule has 0 amide bonds. The SMILES string of the molecule is CC1CCCC(c2ccc(CC(=O)C3CCC(CS(=O)(=O)C(C)C)CC3)cc2)C1C. The van der Waals surface area contributed by atoms with Crippen LogP contribution in [0.3, 0.4) is 0 Å². The lowest BCUT2D eigenvalue weighted by Gasteiger charge is -2.34. The van der Waals surface area contributed by atoms with Gasteiger partial charge in [0.2, 0.25) is 0 Å². The molecule has 3 atom stereocenters. The normalized spacial score (nSPS) is 30.4. The van der Waals surface area contributed by atoms with Crippen LogP contribution in [-0.2, 0) is 21.1 Å². The summed E-state index contributed by atoms with van der Waals surface area (Å²) in [6.45, 7) is 8.27. The van der Waals surface area contributed by atoms with Crippen molar-refractivity contribution in [3.8, 4) is 0 Å². The summed E-state index contributed by atoms with van der Waals surface area (Å²) in [6, 6.07) is 8.80. The van der Waals surface area contributed by atoms with Gasteiger partial charge in [-0.3, -0.25) is 4.79 Å². The van der Waals surface area contributed by atoms with E-state index in [1.807, 2.05) is 0 Å². The van der Waals surface area contributed by atoms with Gasteiger partial charge in [-0.1, -0.05) is 51.0 Å². The minimum absolute atomic E-state index is 0.0990. The average Bonchev–Trinajstić information content (AvgIpc) is 2.71. The van der Waals surface area contributed by atoms with Gasteiger partial charge in [-0.25, -0.2) is 8.42 Å². The number of carbonyl (C=O) groups is 1. The van der Waals surface area contributed by atoms with Gasteiger partial charge in [-0.2, -0.15) is 0 Å². The van der Waals surface area contributed by atoms with Crippen molar-refractivity contribution in [2.45, 2.75) is 90.2 Å². The molecule has 3 unspecified atom stereocenters. The minimum atomic E-state index is -2.99. The molecule has 1 aromatic carbocycles. The number of ketones is 1. The van der Waals surface area contributed by atoms with E-state index in [2.05, 4.69) is 38.1 Å². The second kappa shape index (κ2) is 9.97. The Morgan fingerprint density at radius 2 is 1.60 bits per heavy atom. The molecular formula is C26H40O3S. The highest BCUT2D eigenvalue weighted by molar-refractivity contribution is 7.91. The molecule has 2 aliphatic rings. The summed E-state index contributed by atoms with van der Waals surface area (Å²) in [5.41, 5.74) is 2.54. The van der Waals surface area contributed by atoms with E-state index in [1.165, 1.54) is 24.8 Å². The fourth-order valence-corrected chi connectivity index (χ4v) is 6.83. The fraction of sp³-hybridized carbons (Fsp3) is 0.731. The number of carbonyl (C=O) groups excluding carboxylic acids is 1. The molecule has 30 heavy (non-hydrogen) atoms. The standard InChI is InChI=1S/C26H40O3S/c1-18(2)30(28,29)17-22-10-14-24(15-11-22)26(27)16-21-8-12-23(13-9-21)25-7-5-6-19(3)20(25)4/h8-9,12-13,18-20,22,24-25H,5-7,10-11,14-17H2,1-4H3. The van der Waals surface area contributed by atoms with Gasteiger partial charge in [0, 0.05) is 12.3 Å². The Hall–Kier alpha value is -1.16. The Morgan fingerprint density at radius 3 is 2.20 bits per heavy atom. The summed E-state index contributed by atoms with van der Waals surface area (Å²) < 4.78 is 24.3. The lowest BCUT2D eigenvalue weighted by atomic mass is 9.71. The van der Waals surface area contributed by atoms with E-state index < -0.39 is 9.84 Å². The van der Waals surface area contributed by atoms with Gasteiger partial charge in [0.1, 0.15) is 5.78 Å². The van der Waals surface area contributed by atoms with Crippen LogP contribution in [0, 0.1) is 23.7 Å². The third-order valence-corrected chi connectivity index (χ3v) is 10.4. The first kappa shape index (κ1) is 23.5. The highest BCUT2D eigenvalue weighted by Crippen LogP contribution is 2.41. The zero-order valence-electron chi connectivity index (χ0n) is 19.3. The molecule has 2 aliphatic carbocycles. The smallest absolute Gasteiger partial charge is 0.152 e. The minimum Gasteiger partial charge on any atom is -0.299 e. The monoisotopic (exact) mass is 432 g/mol. The van der Waals surface area contributed by atoms with E-state index in [-0.39, 0.29) is 22.8 Å². The second-order valence-corrected chi connectivity index (χ2v) is 13.0. The Morgan fingerprint density at radius 1 is 0.967 bits per heavy atom. The van der Waals surface area contributed by atoms with E-state index >= 15 is 0 Å². The number of rotatable bonds is 7. The summed E-state index contributed by atoms with van der Waals surface area (Å²) in [6.07, 6.45) is 7.85. The summed E-state index contributed by atoms with van der Waals surface area (Å²) in [4.78, 5) is 12.8. The van der Waals surface area contributed by atoms with E-state index in [1.54, 1.807) is 13.8 Å². The zero-order valence-corrected chi connectivity index (χ0v) is 20.1. The Balaban J connectivity index is 1.51. The van der Waals surface area contributed by atoms with Crippen LogP contribution in [0.2, 0.25) is 0 Å². The molecule has 0 heterocycles. The molecule has 0 spiro atoms. The highest BCUT2D eigenvalue weighted by Gasteiger charge is 2.30. The van der Waals surface area contributed by atoms with Crippen molar-refractivity contribution in [3.63, 3.8) is 0 Å². The summed E-state index contributed by atoms with van der Waals surface area (Å²) in [5, 5.41) is -0.306. The van der Waals surface area contributed by atoms with Crippen molar-refractivity contribution in [1.29, 1.82) is 0 Å². The lowest BCUT2D eigenvalue weighted by molar-refractivity contribution is -0.123. The maximum absolute atomic E-state index is 12.8. The van der Waals surface area contributed by atoms with E-state index in [0.29, 0.717) is 18.1 Å². The molecule has 3 nitrogen and oxygen atoms in total. The molecule has 168 valence electrons. The van der Waals surface area contributed by atoms with Crippen LogP contribution in [-0.4, -0.2) is 25.2 Å². The molecule has 0 radical (unpaired) electrons. The van der Waals surface area contributed by atoms with E-state index in [0.717, 1.165) is 43.1 Å². The average molecular weight is 433 g/mol. The number of Topliss-reactive ketones (excluding diaryl/α,β-unsaturated/α-hetero) is 1. The number of sulfone groups is 1. The third-order valence-electron chi connectivity index (χ3n) is 7.98.